The molecule has 1 amide bonds. The molecule has 0 saturated carbocycles. The highest BCUT2D eigenvalue weighted by molar-refractivity contribution is 5.94. The number of methoxy groups -OCH3 is 2. The zero-order valence-electron chi connectivity index (χ0n) is 37.6. The smallest absolute Gasteiger partial charge is 0.330 e. The van der Waals surface area contributed by atoms with Crippen LogP contribution < -0.4 is 0 Å². The third-order valence-electron chi connectivity index (χ3n) is 13.0. The Labute approximate surface area is 350 Å². The van der Waals surface area contributed by atoms with Gasteiger partial charge in [0.2, 0.25) is 5.91 Å². The van der Waals surface area contributed by atoms with Gasteiger partial charge in [0.05, 0.1) is 54.7 Å². The summed E-state index contributed by atoms with van der Waals surface area (Å²) in [4.78, 5) is 42.3. The number of carbonyl (C=O) groups is 3. The number of carbonyl (C=O) groups excluding carboxylic acids is 3. The van der Waals surface area contributed by atoms with Crippen molar-refractivity contribution in [1.29, 1.82) is 0 Å². The first-order valence-electron chi connectivity index (χ1n) is 20.9. The molecule has 342 valence electrons. The maximum Gasteiger partial charge on any atom is 0.330 e. The number of aliphatic hydroxyl groups excluding tert-OH is 3. The van der Waals surface area contributed by atoms with Crippen molar-refractivity contribution in [3.63, 3.8) is 0 Å². The minimum atomic E-state index is -1.86. The molecule has 1 unspecified atom stereocenters. The molecule has 59 heavy (non-hydrogen) atoms. The predicted molar refractivity (Wildman–Crippen MR) is 214 cm³/mol. The molecule has 3 heterocycles. The third-order valence-corrected chi connectivity index (χ3v) is 13.0. The van der Waals surface area contributed by atoms with Crippen LogP contribution in [0.5, 0.6) is 0 Å². The Bertz CT molecular complexity index is 1430. The zero-order chi connectivity index (χ0) is 44.9. The van der Waals surface area contributed by atoms with Crippen LogP contribution in [-0.2, 0) is 47.5 Å². The number of rotatable bonds is 9. The van der Waals surface area contributed by atoms with Gasteiger partial charge in [0, 0.05) is 51.2 Å². The van der Waals surface area contributed by atoms with E-state index < -0.39 is 120 Å². The molecule has 0 aliphatic carbocycles. The van der Waals surface area contributed by atoms with Gasteiger partial charge in [0.1, 0.15) is 30.0 Å². The first-order chi connectivity index (χ1) is 27.3. The Morgan fingerprint density at radius 2 is 1.58 bits per heavy atom. The van der Waals surface area contributed by atoms with Gasteiger partial charge >= 0.3 is 11.9 Å². The van der Waals surface area contributed by atoms with Crippen LogP contribution in [0, 0.1) is 17.8 Å². The predicted octanol–water partition coefficient (Wildman–Crippen LogP) is 1.53. The summed E-state index contributed by atoms with van der Waals surface area (Å²) in [5.41, 5.74) is -4.64. The standard InChI is InChI=1S/C42H74N2O15/c1-15-29-42(10,52)35(48)26(6)43(11)21-22(2)19-40(8,51)37(59-39-33(47)28(18-23(3)55-39)44(12)30(45)16-17-31(46)53-13)24(4)34(25(5)38(50)57-29)58-32-20-41(9,54-14)36(49)27(7)56-32/h16-17,22-29,32-37,39,47-49,51-52H,15,18-21H2,1-14H3/b17-16+/t22-,23+,24+,25-,26-,27+,28+,29-,32+,33-,34+,35-,36+,37-,39+,40?,41-,42-/m0/s1. The van der Waals surface area contributed by atoms with Gasteiger partial charge in [-0.25, -0.2) is 4.79 Å². The Morgan fingerprint density at radius 3 is 2.15 bits per heavy atom. The quantitative estimate of drug-likeness (QED) is 0.164. The van der Waals surface area contributed by atoms with Gasteiger partial charge in [-0.3, -0.25) is 9.59 Å². The molecular formula is C42H74N2O15. The molecule has 3 rings (SSSR count). The second-order valence-electron chi connectivity index (χ2n) is 18.0. The minimum absolute atomic E-state index is 0.0656. The summed E-state index contributed by atoms with van der Waals surface area (Å²) < 4.78 is 42.1. The van der Waals surface area contributed by atoms with Crippen molar-refractivity contribution in [2.45, 2.75) is 185 Å². The summed E-state index contributed by atoms with van der Waals surface area (Å²) in [6, 6.07) is -1.44. The lowest BCUT2D eigenvalue weighted by Crippen LogP contribution is -2.61. The van der Waals surface area contributed by atoms with Gasteiger partial charge in [0.15, 0.2) is 12.6 Å². The van der Waals surface area contributed by atoms with Crippen LogP contribution in [0.25, 0.3) is 0 Å². The minimum Gasteiger partial charge on any atom is -0.466 e. The lowest BCUT2D eigenvalue weighted by Gasteiger charge is -2.49. The molecule has 3 aliphatic rings. The van der Waals surface area contributed by atoms with Crippen molar-refractivity contribution in [2.24, 2.45) is 17.8 Å². The van der Waals surface area contributed by atoms with Crippen LogP contribution >= 0.6 is 0 Å². The van der Waals surface area contributed by atoms with E-state index in [-0.39, 0.29) is 31.6 Å². The Balaban J connectivity index is 2.17. The average Bonchev–Trinajstić information content (AvgIpc) is 3.17. The molecule has 3 saturated heterocycles. The number of hydrogen-bond donors (Lipinski definition) is 5. The molecule has 0 aromatic heterocycles. The van der Waals surface area contributed by atoms with Crippen LogP contribution in [0.1, 0.15) is 94.9 Å². The molecule has 17 heteroatoms. The van der Waals surface area contributed by atoms with Crippen molar-refractivity contribution in [2.75, 3.05) is 34.9 Å². The van der Waals surface area contributed by atoms with Gasteiger partial charge in [-0.2, -0.15) is 0 Å². The summed E-state index contributed by atoms with van der Waals surface area (Å²) in [5, 5.41) is 58.7. The number of amides is 1. The number of likely N-dealkylation sites (N-methyl/N-ethyl adjacent to an activating group) is 2. The van der Waals surface area contributed by atoms with E-state index in [9.17, 15) is 39.9 Å². The van der Waals surface area contributed by atoms with Gasteiger partial charge in [-0.1, -0.05) is 20.8 Å². The van der Waals surface area contributed by atoms with E-state index in [1.165, 1.54) is 33.1 Å². The van der Waals surface area contributed by atoms with E-state index in [4.69, 9.17) is 28.4 Å². The molecule has 18 atom stereocenters. The van der Waals surface area contributed by atoms with E-state index >= 15 is 0 Å². The number of hydrogen-bond acceptors (Lipinski definition) is 16. The monoisotopic (exact) mass is 847 g/mol. The van der Waals surface area contributed by atoms with E-state index in [0.29, 0.717) is 6.54 Å². The van der Waals surface area contributed by atoms with Gasteiger partial charge < -0.3 is 68.5 Å². The van der Waals surface area contributed by atoms with Crippen molar-refractivity contribution < 1.29 is 73.1 Å². The molecular weight excluding hydrogens is 772 g/mol. The SMILES string of the molecule is CC[C@@H]1OC(=O)[C@@H](C)[C@H](O[C@@H]2C[C@](C)(OC)[C@H](O)[C@@H](C)O2)[C@@H](C)[C@H](O[C@H]2O[C@H](C)C[C@@H](N(C)C(=O)/C=C/C(=O)OC)[C@@H]2O)C(C)(O)C[C@H](C)CN(C)[C@@H](C)[C@H](O)[C@@]1(C)O. The van der Waals surface area contributed by atoms with Gasteiger partial charge in [0.25, 0.3) is 0 Å². The number of aliphatic hydroxyl groups is 5. The molecule has 0 aromatic rings. The molecule has 5 N–H and O–H groups in total. The molecule has 17 nitrogen and oxygen atoms in total. The third kappa shape index (κ3) is 12.0. The molecule has 0 aromatic carbocycles. The highest BCUT2D eigenvalue weighted by Crippen LogP contribution is 2.40. The largest absolute Gasteiger partial charge is 0.466 e. The molecule has 0 spiro atoms. The molecule has 3 aliphatic heterocycles. The van der Waals surface area contributed by atoms with E-state index in [2.05, 4.69) is 4.74 Å². The fraction of sp³-hybridized carbons (Fsp3) is 0.881. The van der Waals surface area contributed by atoms with E-state index in [1.54, 1.807) is 62.4 Å². The lowest BCUT2D eigenvalue weighted by molar-refractivity contribution is -0.317. The van der Waals surface area contributed by atoms with Crippen LogP contribution in [0.15, 0.2) is 12.2 Å². The van der Waals surface area contributed by atoms with E-state index in [0.717, 1.165) is 12.2 Å². The normalized spacial score (nSPS) is 44.9. The Morgan fingerprint density at radius 1 is 0.949 bits per heavy atom. The van der Waals surface area contributed by atoms with Crippen molar-refractivity contribution in [1.82, 2.24) is 9.80 Å². The summed E-state index contributed by atoms with van der Waals surface area (Å²) in [7, 11) is 5.94. The second kappa shape index (κ2) is 20.7. The lowest BCUT2D eigenvalue weighted by atomic mass is 9.77. The summed E-state index contributed by atoms with van der Waals surface area (Å²) in [6.45, 7) is 17.3. The number of ether oxygens (including phenoxy) is 7. The van der Waals surface area contributed by atoms with Gasteiger partial charge in [-0.15, -0.1) is 0 Å². The van der Waals surface area contributed by atoms with Crippen molar-refractivity contribution in [3.8, 4) is 0 Å². The summed E-state index contributed by atoms with van der Waals surface area (Å²) in [6.07, 6.45) is -8.31. The Kier molecular flexibility index (Phi) is 17.9. The number of esters is 2. The zero-order valence-corrected chi connectivity index (χ0v) is 37.6. The van der Waals surface area contributed by atoms with Crippen LogP contribution in [0.2, 0.25) is 0 Å². The Hall–Kier alpha value is -2.29. The average molecular weight is 847 g/mol. The number of nitrogens with zero attached hydrogens (tertiary/aromatic N) is 2. The maximum atomic E-state index is 14.3. The first kappa shape index (κ1) is 51.1. The van der Waals surface area contributed by atoms with Crippen LogP contribution in [0.4, 0.5) is 0 Å². The number of cyclic esters (lactones) is 1. The second-order valence-corrected chi connectivity index (χ2v) is 18.0. The first-order valence-corrected chi connectivity index (χ1v) is 20.9. The van der Waals surface area contributed by atoms with Crippen LogP contribution in [-0.4, -0.2) is 178 Å². The fourth-order valence-corrected chi connectivity index (χ4v) is 9.10. The highest BCUT2D eigenvalue weighted by Gasteiger charge is 2.53. The topological polar surface area (TPSA) is 223 Å². The van der Waals surface area contributed by atoms with Crippen molar-refractivity contribution >= 4 is 17.8 Å². The molecule has 0 bridgehead atoms. The van der Waals surface area contributed by atoms with Crippen LogP contribution in [0.3, 0.4) is 0 Å². The van der Waals surface area contributed by atoms with Crippen molar-refractivity contribution in [3.05, 3.63) is 12.2 Å². The molecule has 0 radical (unpaired) electrons. The van der Waals surface area contributed by atoms with E-state index in [1.807, 2.05) is 11.8 Å². The summed E-state index contributed by atoms with van der Waals surface area (Å²) in [5.74, 6) is -4.28. The highest BCUT2D eigenvalue weighted by atomic mass is 16.7. The summed E-state index contributed by atoms with van der Waals surface area (Å²) >= 11 is 0. The maximum absolute atomic E-state index is 14.3. The molecule has 3 fully saturated rings. The van der Waals surface area contributed by atoms with Gasteiger partial charge in [-0.05, 0) is 80.7 Å². The fourth-order valence-electron chi connectivity index (χ4n) is 9.10.